The Bertz CT molecular complexity index is 724. The molecular formula is C12H12BrN5O2. The Morgan fingerprint density at radius 3 is 2.90 bits per heavy atom. The van der Waals surface area contributed by atoms with Crippen LogP contribution >= 0.6 is 15.9 Å². The minimum Gasteiger partial charge on any atom is -0.330 e. The van der Waals surface area contributed by atoms with E-state index in [2.05, 4.69) is 31.2 Å². The van der Waals surface area contributed by atoms with Gasteiger partial charge in [0.2, 0.25) is 5.91 Å². The van der Waals surface area contributed by atoms with Gasteiger partial charge in [0.25, 0.3) is 5.91 Å². The van der Waals surface area contributed by atoms with Crippen molar-refractivity contribution in [2.45, 2.75) is 19.4 Å². The van der Waals surface area contributed by atoms with E-state index >= 15 is 0 Å². The van der Waals surface area contributed by atoms with Crippen LogP contribution in [-0.2, 0) is 9.59 Å². The summed E-state index contributed by atoms with van der Waals surface area (Å²) in [6.07, 6.45) is 5.20. The molecule has 1 aliphatic rings. The van der Waals surface area contributed by atoms with Crippen LogP contribution in [0.4, 0.5) is 5.82 Å². The average molecular weight is 338 g/mol. The average Bonchev–Trinajstić information content (AvgIpc) is 2.81. The maximum absolute atomic E-state index is 12.0. The lowest BCUT2D eigenvalue weighted by atomic mass is 9.99. The molecule has 20 heavy (non-hydrogen) atoms. The summed E-state index contributed by atoms with van der Waals surface area (Å²) < 4.78 is 2.40. The SMILES string of the molecule is CC1(C)C(=O)NC(=O)CN1c1nc(Br)cn2ccnc12. The highest BCUT2D eigenvalue weighted by Crippen LogP contribution is 2.29. The molecule has 8 heteroatoms. The van der Waals surface area contributed by atoms with E-state index in [0.717, 1.165) is 0 Å². The number of hydrogen-bond donors (Lipinski definition) is 1. The highest BCUT2D eigenvalue weighted by atomic mass is 79.9. The van der Waals surface area contributed by atoms with Gasteiger partial charge >= 0.3 is 0 Å². The molecule has 7 nitrogen and oxygen atoms in total. The lowest BCUT2D eigenvalue weighted by Crippen LogP contribution is -2.64. The molecule has 1 saturated heterocycles. The summed E-state index contributed by atoms with van der Waals surface area (Å²) in [6, 6.07) is 0. The Balaban J connectivity index is 2.20. The summed E-state index contributed by atoms with van der Waals surface area (Å²) in [6.45, 7) is 3.55. The summed E-state index contributed by atoms with van der Waals surface area (Å²) in [5.41, 5.74) is -0.280. The third kappa shape index (κ3) is 1.87. The van der Waals surface area contributed by atoms with Gasteiger partial charge in [-0.25, -0.2) is 9.97 Å². The van der Waals surface area contributed by atoms with Gasteiger partial charge < -0.3 is 9.30 Å². The second-order valence-electron chi connectivity index (χ2n) is 5.07. The zero-order valence-electron chi connectivity index (χ0n) is 10.9. The quantitative estimate of drug-likeness (QED) is 0.776. The van der Waals surface area contributed by atoms with Gasteiger partial charge in [0.05, 0.1) is 6.54 Å². The monoisotopic (exact) mass is 337 g/mol. The number of fused-ring (bicyclic) bond motifs is 1. The van der Waals surface area contributed by atoms with E-state index in [1.807, 2.05) is 0 Å². The summed E-state index contributed by atoms with van der Waals surface area (Å²) >= 11 is 3.33. The zero-order chi connectivity index (χ0) is 14.5. The number of piperazine rings is 1. The van der Waals surface area contributed by atoms with E-state index < -0.39 is 5.54 Å². The summed E-state index contributed by atoms with van der Waals surface area (Å²) in [4.78, 5) is 34.0. The second-order valence-corrected chi connectivity index (χ2v) is 5.88. The molecule has 0 aliphatic carbocycles. The van der Waals surface area contributed by atoms with Crippen molar-refractivity contribution in [3.05, 3.63) is 23.2 Å². The highest BCUT2D eigenvalue weighted by molar-refractivity contribution is 9.10. The van der Waals surface area contributed by atoms with Crippen LogP contribution in [-0.4, -0.2) is 38.3 Å². The summed E-state index contributed by atoms with van der Waals surface area (Å²) in [5.74, 6) is -0.196. The fraction of sp³-hybridized carbons (Fsp3) is 0.333. The van der Waals surface area contributed by atoms with Crippen molar-refractivity contribution in [3.63, 3.8) is 0 Å². The van der Waals surface area contributed by atoms with Crippen molar-refractivity contribution < 1.29 is 9.59 Å². The fourth-order valence-electron chi connectivity index (χ4n) is 2.19. The van der Waals surface area contributed by atoms with Crippen LogP contribution in [0, 0.1) is 0 Å². The number of carbonyl (C=O) groups is 2. The fourth-order valence-corrected chi connectivity index (χ4v) is 2.58. The van der Waals surface area contributed by atoms with Crippen LogP contribution in [0.1, 0.15) is 13.8 Å². The molecule has 0 saturated carbocycles. The molecule has 0 atom stereocenters. The van der Waals surface area contributed by atoms with Crippen molar-refractivity contribution in [2.75, 3.05) is 11.4 Å². The Hall–Kier alpha value is -1.96. The standard InChI is InChI=1S/C12H12BrN5O2/c1-12(2)11(20)16-8(19)6-18(12)10-9-14-3-4-17(9)5-7(13)15-10/h3-5H,6H2,1-2H3,(H,16,19,20). The Labute approximate surface area is 123 Å². The van der Waals surface area contributed by atoms with Crippen molar-refractivity contribution in [1.82, 2.24) is 19.7 Å². The molecular weight excluding hydrogens is 326 g/mol. The molecule has 0 spiro atoms. The van der Waals surface area contributed by atoms with Crippen LogP contribution in [0.3, 0.4) is 0 Å². The van der Waals surface area contributed by atoms with Crippen molar-refractivity contribution >= 4 is 39.2 Å². The third-order valence-electron chi connectivity index (χ3n) is 3.37. The number of hydrogen-bond acceptors (Lipinski definition) is 5. The van der Waals surface area contributed by atoms with Crippen LogP contribution in [0.15, 0.2) is 23.2 Å². The zero-order valence-corrected chi connectivity index (χ0v) is 12.5. The highest BCUT2D eigenvalue weighted by Gasteiger charge is 2.42. The van der Waals surface area contributed by atoms with Crippen molar-refractivity contribution in [1.29, 1.82) is 0 Å². The van der Waals surface area contributed by atoms with Crippen LogP contribution < -0.4 is 10.2 Å². The number of rotatable bonds is 1. The molecule has 0 radical (unpaired) electrons. The smallest absolute Gasteiger partial charge is 0.251 e. The topological polar surface area (TPSA) is 79.6 Å². The molecule has 0 aromatic carbocycles. The number of imidazole rings is 1. The first-order valence-corrected chi connectivity index (χ1v) is 6.80. The molecule has 1 fully saturated rings. The lowest BCUT2D eigenvalue weighted by Gasteiger charge is -2.40. The minimum absolute atomic E-state index is 0.0602. The molecule has 2 amide bonds. The number of halogens is 1. The summed E-state index contributed by atoms with van der Waals surface area (Å²) in [7, 11) is 0. The van der Waals surface area contributed by atoms with Gasteiger partial charge in [0, 0.05) is 18.6 Å². The molecule has 0 bridgehead atoms. The van der Waals surface area contributed by atoms with Crippen LogP contribution in [0.5, 0.6) is 0 Å². The Morgan fingerprint density at radius 1 is 1.40 bits per heavy atom. The van der Waals surface area contributed by atoms with E-state index in [9.17, 15) is 9.59 Å². The van der Waals surface area contributed by atoms with E-state index in [1.165, 1.54) is 0 Å². The second kappa shape index (κ2) is 4.27. The number of nitrogens with one attached hydrogen (secondary N) is 1. The van der Waals surface area contributed by atoms with Crippen LogP contribution in [0.25, 0.3) is 5.65 Å². The minimum atomic E-state index is -0.881. The molecule has 0 unspecified atom stereocenters. The first-order chi connectivity index (χ1) is 9.39. The number of anilines is 1. The number of aromatic nitrogens is 3. The molecule has 104 valence electrons. The van der Waals surface area contributed by atoms with Gasteiger partial charge in [0.1, 0.15) is 10.1 Å². The van der Waals surface area contributed by atoms with E-state index in [1.54, 1.807) is 41.7 Å². The van der Waals surface area contributed by atoms with Crippen LogP contribution in [0.2, 0.25) is 0 Å². The van der Waals surface area contributed by atoms with E-state index in [0.29, 0.717) is 16.1 Å². The first kappa shape index (κ1) is 13.0. The van der Waals surface area contributed by atoms with Crippen molar-refractivity contribution in [3.8, 4) is 0 Å². The maximum atomic E-state index is 12.0. The number of nitrogens with zero attached hydrogens (tertiary/aromatic N) is 4. The molecule has 3 heterocycles. The molecule has 1 N–H and O–H groups in total. The predicted octanol–water partition coefficient (Wildman–Crippen LogP) is 0.733. The molecule has 3 rings (SSSR count). The first-order valence-electron chi connectivity index (χ1n) is 6.01. The van der Waals surface area contributed by atoms with Gasteiger partial charge in [-0.3, -0.25) is 14.9 Å². The van der Waals surface area contributed by atoms with Gasteiger partial charge in [-0.05, 0) is 29.8 Å². The third-order valence-corrected chi connectivity index (χ3v) is 3.75. The number of carbonyl (C=O) groups excluding carboxylic acids is 2. The summed E-state index contributed by atoms with van der Waals surface area (Å²) in [5, 5.41) is 2.34. The Kier molecular flexibility index (Phi) is 2.79. The van der Waals surface area contributed by atoms with Gasteiger partial charge in [-0.1, -0.05) is 0 Å². The maximum Gasteiger partial charge on any atom is 0.251 e. The Morgan fingerprint density at radius 2 is 2.15 bits per heavy atom. The van der Waals surface area contributed by atoms with Gasteiger partial charge in [-0.15, -0.1) is 0 Å². The van der Waals surface area contributed by atoms with Gasteiger partial charge in [-0.2, -0.15) is 0 Å². The van der Waals surface area contributed by atoms with E-state index in [4.69, 9.17) is 0 Å². The molecule has 2 aromatic rings. The van der Waals surface area contributed by atoms with Crippen molar-refractivity contribution in [2.24, 2.45) is 0 Å². The van der Waals surface area contributed by atoms with E-state index in [-0.39, 0.29) is 18.4 Å². The normalized spacial score (nSPS) is 18.4. The largest absolute Gasteiger partial charge is 0.330 e. The van der Waals surface area contributed by atoms with Gasteiger partial charge in [0.15, 0.2) is 11.5 Å². The molecule has 2 aromatic heterocycles. The molecule has 1 aliphatic heterocycles. The predicted molar refractivity (Wildman–Crippen MR) is 75.3 cm³/mol. The number of amides is 2. The number of imide groups is 1. The lowest BCUT2D eigenvalue weighted by molar-refractivity contribution is -0.135.